The van der Waals surface area contributed by atoms with E-state index in [9.17, 15) is 4.79 Å². The van der Waals surface area contributed by atoms with Gasteiger partial charge >= 0.3 is 0 Å². The van der Waals surface area contributed by atoms with E-state index in [-0.39, 0.29) is 11.9 Å². The second-order valence-corrected chi connectivity index (χ2v) is 7.01. The quantitative estimate of drug-likeness (QED) is 0.820. The highest BCUT2D eigenvalue weighted by molar-refractivity contribution is 6.34. The Labute approximate surface area is 149 Å². The van der Waals surface area contributed by atoms with Crippen LogP contribution < -0.4 is 10.6 Å². The van der Waals surface area contributed by atoms with Crippen LogP contribution in [-0.2, 0) is 4.79 Å². The Hall–Kier alpha value is -1.84. The van der Waals surface area contributed by atoms with Crippen molar-refractivity contribution in [1.29, 1.82) is 0 Å². The first-order valence-corrected chi connectivity index (χ1v) is 8.71. The van der Waals surface area contributed by atoms with Gasteiger partial charge in [-0.2, -0.15) is 0 Å². The molecule has 24 heavy (non-hydrogen) atoms. The van der Waals surface area contributed by atoms with Crippen molar-refractivity contribution in [3.05, 3.63) is 64.2 Å². The molecule has 0 saturated carbocycles. The van der Waals surface area contributed by atoms with Crippen LogP contribution in [0.4, 0.5) is 5.69 Å². The number of quaternary nitrogens is 1. The van der Waals surface area contributed by atoms with Crippen LogP contribution >= 0.6 is 11.6 Å². The number of benzene rings is 2. The molecule has 0 radical (unpaired) electrons. The van der Waals surface area contributed by atoms with Crippen LogP contribution in [0.25, 0.3) is 0 Å². The number of halogens is 1. The van der Waals surface area contributed by atoms with Gasteiger partial charge in [0.25, 0.3) is 5.91 Å². The van der Waals surface area contributed by atoms with Crippen molar-refractivity contribution in [3.8, 4) is 0 Å². The van der Waals surface area contributed by atoms with Crippen molar-refractivity contribution in [2.45, 2.75) is 33.7 Å². The first-order valence-electron chi connectivity index (χ1n) is 8.33. The van der Waals surface area contributed by atoms with Crippen LogP contribution in [0, 0.1) is 19.8 Å². The second-order valence-electron chi connectivity index (χ2n) is 6.61. The molecule has 0 unspecified atom stereocenters. The monoisotopic (exact) mass is 345 g/mol. The van der Waals surface area contributed by atoms with E-state index in [1.165, 1.54) is 5.56 Å². The first-order chi connectivity index (χ1) is 11.4. The third-order valence-electron chi connectivity index (χ3n) is 4.16. The summed E-state index contributed by atoms with van der Waals surface area (Å²) < 4.78 is 0. The third kappa shape index (κ3) is 4.83. The maximum atomic E-state index is 12.4. The number of hydrogen-bond acceptors (Lipinski definition) is 1. The molecule has 2 aromatic carbocycles. The third-order valence-corrected chi connectivity index (χ3v) is 4.45. The van der Waals surface area contributed by atoms with Crippen LogP contribution in [0.2, 0.25) is 5.02 Å². The van der Waals surface area contributed by atoms with E-state index in [1.807, 2.05) is 44.2 Å². The first kappa shape index (κ1) is 18.5. The average Bonchev–Trinajstić information content (AvgIpc) is 2.51. The summed E-state index contributed by atoms with van der Waals surface area (Å²) in [5.41, 5.74) is 4.02. The number of nitrogens with one attached hydrogen (secondary N) is 1. The molecule has 3 N–H and O–H groups in total. The minimum atomic E-state index is -0.0366. The number of nitrogens with two attached hydrogens (primary N) is 1. The Morgan fingerprint density at radius 1 is 1.17 bits per heavy atom. The van der Waals surface area contributed by atoms with E-state index in [0.29, 0.717) is 23.2 Å². The predicted octanol–water partition coefficient (Wildman–Crippen LogP) is 3.86. The van der Waals surface area contributed by atoms with E-state index < -0.39 is 0 Å². The van der Waals surface area contributed by atoms with Crippen molar-refractivity contribution in [1.82, 2.24) is 0 Å². The van der Waals surface area contributed by atoms with E-state index in [2.05, 4.69) is 36.6 Å². The number of anilines is 1. The van der Waals surface area contributed by atoms with Gasteiger partial charge < -0.3 is 10.6 Å². The zero-order valence-electron chi connectivity index (χ0n) is 14.8. The predicted molar refractivity (Wildman–Crippen MR) is 100 cm³/mol. The highest BCUT2D eigenvalue weighted by atomic mass is 35.5. The summed E-state index contributed by atoms with van der Waals surface area (Å²) in [4.78, 5) is 12.4. The van der Waals surface area contributed by atoms with Gasteiger partial charge in [-0.05, 0) is 31.0 Å². The van der Waals surface area contributed by atoms with Gasteiger partial charge in [0.2, 0.25) is 0 Å². The lowest BCUT2D eigenvalue weighted by Gasteiger charge is -2.19. The van der Waals surface area contributed by atoms with Gasteiger partial charge in [0.1, 0.15) is 6.04 Å². The van der Waals surface area contributed by atoms with Crippen LogP contribution in [0.5, 0.6) is 0 Å². The normalized spacial score (nSPS) is 12.2. The highest BCUT2D eigenvalue weighted by Crippen LogP contribution is 2.27. The standard InChI is InChI=1S/C20H25ClN2O/c1-13(2)19(16-8-6-5-7-9-16)22-12-18(24)23-20-15(4)10-14(3)11-17(20)21/h5-11,13,19,22H,12H2,1-4H3,(H,23,24)/p+1/t19-/m1/s1. The molecule has 0 aliphatic heterocycles. The zero-order chi connectivity index (χ0) is 17.7. The lowest BCUT2D eigenvalue weighted by molar-refractivity contribution is -0.692. The molecule has 1 amide bonds. The van der Waals surface area contributed by atoms with Gasteiger partial charge in [0.15, 0.2) is 6.54 Å². The van der Waals surface area contributed by atoms with Gasteiger partial charge in [-0.15, -0.1) is 0 Å². The maximum absolute atomic E-state index is 12.4. The van der Waals surface area contributed by atoms with Crippen molar-refractivity contribution < 1.29 is 10.1 Å². The zero-order valence-corrected chi connectivity index (χ0v) is 15.5. The van der Waals surface area contributed by atoms with Crippen molar-refractivity contribution >= 4 is 23.2 Å². The SMILES string of the molecule is Cc1cc(C)c(NC(=O)C[NH2+][C@@H](c2ccccc2)C(C)C)c(Cl)c1. The fraction of sp³-hybridized carbons (Fsp3) is 0.350. The highest BCUT2D eigenvalue weighted by Gasteiger charge is 2.20. The summed E-state index contributed by atoms with van der Waals surface area (Å²) in [5, 5.41) is 5.63. The fourth-order valence-corrected chi connectivity index (χ4v) is 3.34. The topological polar surface area (TPSA) is 45.7 Å². The summed E-state index contributed by atoms with van der Waals surface area (Å²) in [7, 11) is 0. The molecule has 0 spiro atoms. The number of aryl methyl sites for hydroxylation is 2. The van der Waals surface area contributed by atoms with E-state index in [1.54, 1.807) is 0 Å². The largest absolute Gasteiger partial charge is 0.332 e. The van der Waals surface area contributed by atoms with Crippen LogP contribution in [0.15, 0.2) is 42.5 Å². The molecule has 0 aliphatic carbocycles. The molecule has 0 fully saturated rings. The molecule has 0 heterocycles. The Morgan fingerprint density at radius 2 is 1.83 bits per heavy atom. The number of hydrogen-bond donors (Lipinski definition) is 2. The molecule has 0 saturated heterocycles. The minimum absolute atomic E-state index is 0.0366. The summed E-state index contributed by atoms with van der Waals surface area (Å²) in [6, 6.07) is 14.4. The molecular formula is C20H26ClN2O+. The molecule has 2 aromatic rings. The summed E-state index contributed by atoms with van der Waals surface area (Å²) in [5.74, 6) is 0.398. The Morgan fingerprint density at radius 3 is 2.42 bits per heavy atom. The molecule has 1 atom stereocenters. The summed E-state index contributed by atoms with van der Waals surface area (Å²) in [6.07, 6.45) is 0. The number of carbonyl (C=O) groups is 1. The van der Waals surface area contributed by atoms with Crippen molar-refractivity contribution in [3.63, 3.8) is 0 Å². The van der Waals surface area contributed by atoms with Crippen LogP contribution in [0.1, 0.15) is 36.6 Å². The molecular weight excluding hydrogens is 320 g/mol. The lowest BCUT2D eigenvalue weighted by Crippen LogP contribution is -2.88. The lowest BCUT2D eigenvalue weighted by atomic mass is 9.96. The Balaban J connectivity index is 2.02. The fourth-order valence-electron chi connectivity index (χ4n) is 2.97. The molecule has 0 aromatic heterocycles. The Kier molecular flexibility index (Phi) is 6.41. The minimum Gasteiger partial charge on any atom is -0.332 e. The van der Waals surface area contributed by atoms with Gasteiger partial charge in [-0.1, -0.05) is 61.8 Å². The number of rotatable bonds is 6. The Bertz CT molecular complexity index is 675. The molecule has 0 bridgehead atoms. The molecule has 128 valence electrons. The van der Waals surface area contributed by atoms with E-state index >= 15 is 0 Å². The summed E-state index contributed by atoms with van der Waals surface area (Å²) in [6.45, 7) is 8.66. The van der Waals surface area contributed by atoms with Crippen molar-refractivity contribution in [2.75, 3.05) is 11.9 Å². The average molecular weight is 346 g/mol. The van der Waals surface area contributed by atoms with Crippen LogP contribution in [-0.4, -0.2) is 12.5 Å². The number of amides is 1. The van der Waals surface area contributed by atoms with Gasteiger partial charge in [-0.25, -0.2) is 0 Å². The molecule has 4 heteroatoms. The molecule has 2 rings (SSSR count). The van der Waals surface area contributed by atoms with Gasteiger partial charge in [0, 0.05) is 11.5 Å². The smallest absolute Gasteiger partial charge is 0.279 e. The second kappa shape index (κ2) is 8.32. The summed E-state index contributed by atoms with van der Waals surface area (Å²) >= 11 is 6.26. The maximum Gasteiger partial charge on any atom is 0.279 e. The number of carbonyl (C=O) groups excluding carboxylic acids is 1. The molecule has 3 nitrogen and oxygen atoms in total. The van der Waals surface area contributed by atoms with E-state index in [4.69, 9.17) is 11.6 Å². The van der Waals surface area contributed by atoms with Gasteiger partial charge in [-0.3, -0.25) is 4.79 Å². The van der Waals surface area contributed by atoms with Gasteiger partial charge in [0.05, 0.1) is 10.7 Å². The molecule has 0 aliphatic rings. The van der Waals surface area contributed by atoms with Crippen LogP contribution in [0.3, 0.4) is 0 Å². The van der Waals surface area contributed by atoms with Crippen molar-refractivity contribution in [2.24, 2.45) is 5.92 Å². The van der Waals surface area contributed by atoms with E-state index in [0.717, 1.165) is 11.1 Å².